The Morgan fingerprint density at radius 3 is 2.16 bits per heavy atom. The first-order chi connectivity index (χ1) is 11.8. The summed E-state index contributed by atoms with van der Waals surface area (Å²) in [6.07, 6.45) is 1.90. The van der Waals surface area contributed by atoms with Gasteiger partial charge in [-0.3, -0.25) is 14.5 Å². The molecule has 0 aliphatic heterocycles. The van der Waals surface area contributed by atoms with Crippen LogP contribution < -0.4 is 5.32 Å². The van der Waals surface area contributed by atoms with Crippen molar-refractivity contribution in [3.05, 3.63) is 35.9 Å². The largest absolute Gasteiger partial charge is 0.315 e. The maximum absolute atomic E-state index is 12.6. The van der Waals surface area contributed by atoms with Crippen LogP contribution in [0.15, 0.2) is 30.3 Å². The average molecular weight is 349 g/mol. The molecule has 0 aliphatic rings. The molecule has 1 N–H and O–H groups in total. The monoisotopic (exact) mass is 348 g/mol. The lowest BCUT2D eigenvalue weighted by atomic mass is 9.86. The summed E-state index contributed by atoms with van der Waals surface area (Å²) < 4.78 is 0. The van der Waals surface area contributed by atoms with Gasteiger partial charge < -0.3 is 5.32 Å². The lowest BCUT2D eigenvalue weighted by Gasteiger charge is -2.33. The number of imide groups is 1. The van der Waals surface area contributed by atoms with Gasteiger partial charge in [-0.25, -0.2) is 0 Å². The van der Waals surface area contributed by atoms with Gasteiger partial charge in [0.25, 0.3) is 0 Å². The predicted octanol–water partition coefficient (Wildman–Crippen LogP) is 4.22. The zero-order valence-corrected chi connectivity index (χ0v) is 17.0. The molecular formula is C21H36N2O2. The Labute approximate surface area is 154 Å². The average Bonchev–Trinajstić information content (AvgIpc) is 2.61. The highest BCUT2D eigenvalue weighted by Crippen LogP contribution is 2.25. The molecule has 142 valence electrons. The Morgan fingerprint density at radius 1 is 1.20 bits per heavy atom. The predicted molar refractivity (Wildman–Crippen MR) is 106 cm³/mol. The molecule has 0 saturated carbocycles. The summed E-state index contributed by atoms with van der Waals surface area (Å²) in [6.45, 7) is 12.8. The fraction of sp³-hybridized carbons (Fsp3) is 0.619. The van der Waals surface area contributed by atoms with E-state index < -0.39 is 0 Å². The number of benzene rings is 1. The van der Waals surface area contributed by atoms with Gasteiger partial charge in [0, 0.05) is 19.0 Å². The number of nitrogens with one attached hydrogen (secondary N) is 1. The van der Waals surface area contributed by atoms with Gasteiger partial charge in [-0.15, -0.1) is 0 Å². The molecule has 1 aromatic rings. The highest BCUT2D eigenvalue weighted by molar-refractivity contribution is 5.86. The highest BCUT2D eigenvalue weighted by atomic mass is 16.2. The van der Waals surface area contributed by atoms with Crippen LogP contribution in [0.4, 0.5) is 0 Å². The molecule has 4 nitrogen and oxygen atoms in total. The molecule has 25 heavy (non-hydrogen) atoms. The molecule has 0 bridgehead atoms. The maximum Gasteiger partial charge on any atom is 0.229 e. The van der Waals surface area contributed by atoms with E-state index in [0.29, 0.717) is 19.4 Å². The van der Waals surface area contributed by atoms with E-state index in [-0.39, 0.29) is 23.3 Å². The second-order valence-corrected chi connectivity index (χ2v) is 7.08. The molecule has 0 saturated heterocycles. The minimum Gasteiger partial charge on any atom is -0.315 e. The standard InChI is InChI=1S/C19H30N2O2.C2H6/c1-6-15(16-10-8-7-9-11-16)12-18(23)21(14-22)13-17(20-5)19(2,3)4;1-2/h7-11,14-15,17,20H,6,12-13H2,1-5H3;1-2H3. The summed E-state index contributed by atoms with van der Waals surface area (Å²) in [4.78, 5) is 25.3. The summed E-state index contributed by atoms with van der Waals surface area (Å²) in [7, 11) is 1.86. The van der Waals surface area contributed by atoms with Crippen LogP contribution in [-0.2, 0) is 9.59 Å². The smallest absolute Gasteiger partial charge is 0.229 e. The quantitative estimate of drug-likeness (QED) is 0.716. The van der Waals surface area contributed by atoms with Gasteiger partial charge in [0.05, 0.1) is 0 Å². The summed E-state index contributed by atoms with van der Waals surface area (Å²) in [5, 5.41) is 3.21. The molecule has 2 atom stereocenters. The molecule has 0 aliphatic carbocycles. The van der Waals surface area contributed by atoms with Crippen molar-refractivity contribution in [3.63, 3.8) is 0 Å². The Morgan fingerprint density at radius 2 is 1.76 bits per heavy atom. The number of hydrogen-bond acceptors (Lipinski definition) is 3. The molecule has 1 rings (SSSR count). The minimum atomic E-state index is -0.111. The van der Waals surface area contributed by atoms with E-state index in [0.717, 1.165) is 12.0 Å². The molecule has 2 amide bonds. The van der Waals surface area contributed by atoms with Crippen molar-refractivity contribution in [2.24, 2.45) is 5.41 Å². The number of rotatable bonds is 8. The Kier molecular flexibility index (Phi) is 11.0. The lowest BCUT2D eigenvalue weighted by molar-refractivity contribution is -0.139. The zero-order valence-electron chi connectivity index (χ0n) is 17.0. The first-order valence-electron chi connectivity index (χ1n) is 9.30. The molecule has 0 fully saturated rings. The molecular weight excluding hydrogens is 312 g/mol. The maximum atomic E-state index is 12.6. The van der Waals surface area contributed by atoms with Crippen molar-refractivity contribution in [3.8, 4) is 0 Å². The van der Waals surface area contributed by atoms with Gasteiger partial charge in [-0.2, -0.15) is 0 Å². The van der Waals surface area contributed by atoms with Crippen molar-refractivity contribution in [1.29, 1.82) is 0 Å². The SMILES string of the molecule is CC.CCC(CC(=O)N(C=O)CC(NC)C(C)(C)C)c1ccccc1. The summed E-state index contributed by atoms with van der Waals surface area (Å²) in [5.41, 5.74) is 1.12. The number of likely N-dealkylation sites (N-methyl/N-ethyl adjacent to an activating group) is 1. The molecule has 0 spiro atoms. The van der Waals surface area contributed by atoms with Crippen LogP contribution >= 0.6 is 0 Å². The van der Waals surface area contributed by atoms with Crippen molar-refractivity contribution in [2.45, 2.75) is 66.3 Å². The van der Waals surface area contributed by atoms with Gasteiger partial charge >= 0.3 is 0 Å². The molecule has 2 unspecified atom stereocenters. The van der Waals surface area contributed by atoms with Crippen molar-refractivity contribution >= 4 is 12.3 Å². The Hall–Kier alpha value is -1.68. The van der Waals surface area contributed by atoms with E-state index >= 15 is 0 Å². The number of nitrogens with zero attached hydrogens (tertiary/aromatic N) is 1. The highest BCUT2D eigenvalue weighted by Gasteiger charge is 2.28. The van der Waals surface area contributed by atoms with Crippen molar-refractivity contribution < 1.29 is 9.59 Å². The Bertz CT molecular complexity index is 494. The second-order valence-electron chi connectivity index (χ2n) is 7.08. The molecule has 1 aromatic carbocycles. The van der Waals surface area contributed by atoms with E-state index in [9.17, 15) is 9.59 Å². The minimum absolute atomic E-state index is 0.0279. The van der Waals surface area contributed by atoms with E-state index in [4.69, 9.17) is 0 Å². The van der Waals surface area contributed by atoms with Crippen molar-refractivity contribution in [2.75, 3.05) is 13.6 Å². The third-order valence-electron chi connectivity index (χ3n) is 4.41. The third-order valence-corrected chi connectivity index (χ3v) is 4.41. The van der Waals surface area contributed by atoms with Gasteiger partial charge in [-0.1, -0.05) is 71.9 Å². The first-order valence-corrected chi connectivity index (χ1v) is 9.30. The van der Waals surface area contributed by atoms with Crippen LogP contribution in [0, 0.1) is 5.41 Å². The van der Waals surface area contributed by atoms with Crippen LogP contribution in [-0.4, -0.2) is 36.9 Å². The van der Waals surface area contributed by atoms with E-state index in [1.807, 2.05) is 51.2 Å². The molecule has 0 heterocycles. The molecule has 0 aromatic heterocycles. The van der Waals surface area contributed by atoms with E-state index in [1.54, 1.807) is 0 Å². The second kappa shape index (κ2) is 11.8. The number of carbonyl (C=O) groups excluding carboxylic acids is 2. The van der Waals surface area contributed by atoms with Gasteiger partial charge in [-0.05, 0) is 30.4 Å². The van der Waals surface area contributed by atoms with E-state index in [1.165, 1.54) is 4.90 Å². The number of hydrogen-bond donors (Lipinski definition) is 1. The van der Waals surface area contributed by atoms with Crippen LogP contribution in [0.3, 0.4) is 0 Å². The summed E-state index contributed by atoms with van der Waals surface area (Å²) in [6, 6.07) is 10.1. The van der Waals surface area contributed by atoms with Crippen LogP contribution in [0.2, 0.25) is 0 Å². The van der Waals surface area contributed by atoms with Gasteiger partial charge in [0.1, 0.15) is 0 Å². The Balaban J connectivity index is 0.00000277. The van der Waals surface area contributed by atoms with Crippen LogP contribution in [0.25, 0.3) is 0 Å². The number of carbonyl (C=O) groups is 2. The summed E-state index contributed by atoms with van der Waals surface area (Å²) in [5.74, 6) is 0.0361. The fourth-order valence-electron chi connectivity index (χ4n) is 2.75. The molecule has 0 radical (unpaired) electrons. The van der Waals surface area contributed by atoms with Crippen LogP contribution in [0.1, 0.15) is 65.9 Å². The zero-order chi connectivity index (χ0) is 19.5. The lowest BCUT2D eigenvalue weighted by Crippen LogP contribution is -2.48. The molecule has 4 heteroatoms. The van der Waals surface area contributed by atoms with Crippen LogP contribution in [0.5, 0.6) is 0 Å². The fourth-order valence-corrected chi connectivity index (χ4v) is 2.75. The number of amides is 2. The normalized spacial score (nSPS) is 13.2. The van der Waals surface area contributed by atoms with E-state index in [2.05, 4.69) is 33.0 Å². The van der Waals surface area contributed by atoms with Gasteiger partial charge in [0.2, 0.25) is 12.3 Å². The summed E-state index contributed by atoms with van der Waals surface area (Å²) >= 11 is 0. The van der Waals surface area contributed by atoms with Gasteiger partial charge in [0.15, 0.2) is 0 Å². The first kappa shape index (κ1) is 23.3. The topological polar surface area (TPSA) is 49.4 Å². The third kappa shape index (κ3) is 7.82. The van der Waals surface area contributed by atoms with Crippen molar-refractivity contribution in [1.82, 2.24) is 10.2 Å².